The van der Waals surface area contributed by atoms with E-state index in [-0.39, 0.29) is 5.97 Å². The van der Waals surface area contributed by atoms with Crippen molar-refractivity contribution in [1.29, 1.82) is 0 Å². The minimum atomic E-state index is -0.208. The van der Waals surface area contributed by atoms with Crippen LogP contribution in [0.1, 0.15) is 26.1 Å². The summed E-state index contributed by atoms with van der Waals surface area (Å²) in [7, 11) is 0. The van der Waals surface area contributed by atoms with E-state index in [4.69, 9.17) is 9.47 Å². The van der Waals surface area contributed by atoms with Crippen molar-refractivity contribution in [2.45, 2.75) is 33.4 Å². The van der Waals surface area contributed by atoms with Gasteiger partial charge in [-0.2, -0.15) is 0 Å². The van der Waals surface area contributed by atoms with Gasteiger partial charge in [-0.1, -0.05) is 18.2 Å². The standard InChI is InChI=1S/C18H21N3O3/c1-3-23-12-16-20-15-11-19-14-8-6-5-7-13(14)18(15)21(16)10-9-17(22)24-4-2/h5-8,11H,3-4,9-10,12H2,1-2H3. The average Bonchev–Trinajstić information content (AvgIpc) is 2.96. The Bertz CT molecular complexity index is 857. The van der Waals surface area contributed by atoms with Gasteiger partial charge in [0.15, 0.2) is 0 Å². The van der Waals surface area contributed by atoms with Crippen LogP contribution in [0.3, 0.4) is 0 Å². The second-order valence-electron chi connectivity index (χ2n) is 5.38. The van der Waals surface area contributed by atoms with Crippen LogP contribution in [0.15, 0.2) is 30.5 Å². The lowest BCUT2D eigenvalue weighted by Gasteiger charge is -2.10. The van der Waals surface area contributed by atoms with Crippen LogP contribution >= 0.6 is 0 Å². The van der Waals surface area contributed by atoms with E-state index in [0.717, 1.165) is 27.8 Å². The van der Waals surface area contributed by atoms with E-state index in [1.165, 1.54) is 0 Å². The molecule has 2 heterocycles. The highest BCUT2D eigenvalue weighted by molar-refractivity contribution is 6.02. The van der Waals surface area contributed by atoms with E-state index in [9.17, 15) is 4.79 Å². The first-order valence-electron chi connectivity index (χ1n) is 8.20. The quantitative estimate of drug-likeness (QED) is 0.624. The van der Waals surface area contributed by atoms with Gasteiger partial charge in [-0.3, -0.25) is 9.78 Å². The van der Waals surface area contributed by atoms with Gasteiger partial charge in [0, 0.05) is 18.5 Å². The Kier molecular flexibility index (Phi) is 5.05. The lowest BCUT2D eigenvalue weighted by atomic mass is 10.2. The van der Waals surface area contributed by atoms with Crippen LogP contribution in [-0.4, -0.2) is 33.7 Å². The van der Waals surface area contributed by atoms with Crippen molar-refractivity contribution in [2.75, 3.05) is 13.2 Å². The number of pyridine rings is 1. The lowest BCUT2D eigenvalue weighted by Crippen LogP contribution is -2.12. The number of para-hydroxylation sites is 1. The Morgan fingerprint density at radius 2 is 2.00 bits per heavy atom. The average molecular weight is 327 g/mol. The first kappa shape index (κ1) is 16.4. The summed E-state index contributed by atoms with van der Waals surface area (Å²) in [6.07, 6.45) is 2.07. The number of ether oxygens (including phenoxy) is 2. The third kappa shape index (κ3) is 3.23. The van der Waals surface area contributed by atoms with Gasteiger partial charge in [0.1, 0.15) is 17.9 Å². The molecule has 6 heteroatoms. The summed E-state index contributed by atoms with van der Waals surface area (Å²) >= 11 is 0. The summed E-state index contributed by atoms with van der Waals surface area (Å²) in [5, 5.41) is 1.02. The highest BCUT2D eigenvalue weighted by atomic mass is 16.5. The molecule has 2 aromatic heterocycles. The maximum absolute atomic E-state index is 11.8. The van der Waals surface area contributed by atoms with Crippen LogP contribution in [0.5, 0.6) is 0 Å². The number of benzene rings is 1. The second kappa shape index (κ2) is 7.40. The molecular formula is C18H21N3O3. The van der Waals surface area contributed by atoms with E-state index in [1.54, 1.807) is 6.20 Å². The zero-order valence-electron chi connectivity index (χ0n) is 14.0. The molecular weight excluding hydrogens is 306 g/mol. The number of hydrogen-bond donors (Lipinski definition) is 0. The number of imidazole rings is 1. The number of rotatable bonds is 7. The van der Waals surface area contributed by atoms with Gasteiger partial charge >= 0.3 is 5.97 Å². The van der Waals surface area contributed by atoms with Crippen LogP contribution in [0.25, 0.3) is 21.9 Å². The summed E-state index contributed by atoms with van der Waals surface area (Å²) in [5.41, 5.74) is 2.71. The molecule has 0 saturated carbocycles. The van der Waals surface area contributed by atoms with Crippen molar-refractivity contribution in [3.05, 3.63) is 36.3 Å². The number of aromatic nitrogens is 3. The van der Waals surface area contributed by atoms with Gasteiger partial charge in [0.25, 0.3) is 0 Å². The highest BCUT2D eigenvalue weighted by Gasteiger charge is 2.15. The molecule has 0 radical (unpaired) electrons. The van der Waals surface area contributed by atoms with Crippen LogP contribution < -0.4 is 0 Å². The zero-order chi connectivity index (χ0) is 16.9. The third-order valence-corrected chi connectivity index (χ3v) is 3.84. The van der Waals surface area contributed by atoms with Gasteiger partial charge in [-0.15, -0.1) is 0 Å². The normalized spacial score (nSPS) is 11.2. The molecule has 0 fully saturated rings. The number of aryl methyl sites for hydroxylation is 1. The minimum Gasteiger partial charge on any atom is -0.466 e. The maximum atomic E-state index is 11.8. The summed E-state index contributed by atoms with van der Waals surface area (Å²) in [6, 6.07) is 7.94. The number of carbonyl (C=O) groups excluding carboxylic acids is 1. The maximum Gasteiger partial charge on any atom is 0.307 e. The van der Waals surface area contributed by atoms with Crippen molar-refractivity contribution in [2.24, 2.45) is 0 Å². The summed E-state index contributed by atoms with van der Waals surface area (Å²) in [4.78, 5) is 20.9. The molecule has 6 nitrogen and oxygen atoms in total. The fourth-order valence-electron chi connectivity index (χ4n) is 2.79. The topological polar surface area (TPSA) is 66.2 Å². The molecule has 1 aromatic carbocycles. The van der Waals surface area contributed by atoms with Crippen molar-refractivity contribution in [3.63, 3.8) is 0 Å². The molecule has 3 rings (SSSR count). The molecule has 0 spiro atoms. The van der Waals surface area contributed by atoms with E-state index in [2.05, 4.69) is 9.97 Å². The molecule has 0 N–H and O–H groups in total. The number of hydrogen-bond acceptors (Lipinski definition) is 5. The third-order valence-electron chi connectivity index (χ3n) is 3.84. The van der Waals surface area contributed by atoms with Crippen molar-refractivity contribution >= 4 is 27.9 Å². The van der Waals surface area contributed by atoms with E-state index < -0.39 is 0 Å². The first-order chi connectivity index (χ1) is 11.7. The number of fused-ring (bicyclic) bond motifs is 3. The zero-order valence-corrected chi connectivity index (χ0v) is 14.0. The largest absolute Gasteiger partial charge is 0.466 e. The molecule has 126 valence electrons. The predicted octanol–water partition coefficient (Wildman–Crippen LogP) is 3.07. The van der Waals surface area contributed by atoms with Gasteiger partial charge < -0.3 is 14.0 Å². The monoisotopic (exact) mass is 327 g/mol. The van der Waals surface area contributed by atoms with E-state index >= 15 is 0 Å². The molecule has 0 unspecified atom stereocenters. The summed E-state index contributed by atoms with van der Waals surface area (Å²) < 4.78 is 12.6. The molecule has 0 aliphatic heterocycles. The van der Waals surface area contributed by atoms with Gasteiger partial charge in [-0.25, -0.2) is 4.98 Å². The Labute approximate surface area is 140 Å². The fourth-order valence-corrected chi connectivity index (χ4v) is 2.79. The van der Waals surface area contributed by atoms with Gasteiger partial charge in [-0.05, 0) is 19.9 Å². The Balaban J connectivity index is 2.06. The molecule has 24 heavy (non-hydrogen) atoms. The van der Waals surface area contributed by atoms with Crippen molar-refractivity contribution < 1.29 is 14.3 Å². The van der Waals surface area contributed by atoms with Crippen LogP contribution in [0, 0.1) is 0 Å². The van der Waals surface area contributed by atoms with Crippen molar-refractivity contribution in [1.82, 2.24) is 14.5 Å². The molecule has 0 amide bonds. The number of carbonyl (C=O) groups is 1. The SMILES string of the molecule is CCOCc1nc2cnc3ccccc3c2n1CCC(=O)OCC. The summed E-state index contributed by atoms with van der Waals surface area (Å²) in [5.74, 6) is 0.592. The highest BCUT2D eigenvalue weighted by Crippen LogP contribution is 2.25. The molecule has 0 bridgehead atoms. The number of nitrogens with zero attached hydrogens (tertiary/aromatic N) is 3. The van der Waals surface area contributed by atoms with E-state index in [1.807, 2.05) is 42.7 Å². The molecule has 0 aliphatic carbocycles. The minimum absolute atomic E-state index is 0.208. The molecule has 0 aliphatic rings. The van der Waals surface area contributed by atoms with Crippen LogP contribution in [0.2, 0.25) is 0 Å². The smallest absolute Gasteiger partial charge is 0.307 e. The van der Waals surface area contributed by atoms with Gasteiger partial charge in [0.05, 0.1) is 30.3 Å². The first-order valence-corrected chi connectivity index (χ1v) is 8.20. The van der Waals surface area contributed by atoms with Crippen LogP contribution in [-0.2, 0) is 27.4 Å². The Morgan fingerprint density at radius 1 is 1.17 bits per heavy atom. The van der Waals surface area contributed by atoms with Crippen molar-refractivity contribution in [3.8, 4) is 0 Å². The van der Waals surface area contributed by atoms with Crippen LogP contribution in [0.4, 0.5) is 0 Å². The lowest BCUT2D eigenvalue weighted by molar-refractivity contribution is -0.143. The Hall–Kier alpha value is -2.47. The van der Waals surface area contributed by atoms with E-state index in [0.29, 0.717) is 32.8 Å². The molecule has 0 atom stereocenters. The Morgan fingerprint density at radius 3 is 2.79 bits per heavy atom. The molecule has 3 aromatic rings. The predicted molar refractivity (Wildman–Crippen MR) is 91.6 cm³/mol. The second-order valence-corrected chi connectivity index (χ2v) is 5.38. The van der Waals surface area contributed by atoms with Gasteiger partial charge in [0.2, 0.25) is 0 Å². The number of esters is 1. The fraction of sp³-hybridized carbons (Fsp3) is 0.389. The molecule has 0 saturated heterocycles. The summed E-state index contributed by atoms with van der Waals surface area (Å²) in [6.45, 7) is 5.67.